The fourth-order valence-corrected chi connectivity index (χ4v) is 2.30. The lowest BCUT2D eigenvalue weighted by Crippen LogP contribution is -2.23. The molecule has 0 bridgehead atoms. The second-order valence-corrected chi connectivity index (χ2v) is 5.52. The Labute approximate surface area is 155 Å². The van der Waals surface area contributed by atoms with Gasteiger partial charge in [-0.05, 0) is 19.4 Å². The largest absolute Gasteiger partial charge is 0.452 e. The van der Waals surface area contributed by atoms with Gasteiger partial charge in [-0.3, -0.25) is 14.9 Å². The molecule has 0 saturated carbocycles. The number of aromatic nitrogens is 1. The van der Waals surface area contributed by atoms with Crippen molar-refractivity contribution in [3.05, 3.63) is 50.9 Å². The molecule has 0 unspecified atom stereocenters. The number of anilines is 1. The Balaban J connectivity index is 2.12. The van der Waals surface area contributed by atoms with Gasteiger partial charge in [-0.2, -0.15) is 13.2 Å². The smallest absolute Gasteiger partial charge is 0.418 e. The Hall–Kier alpha value is -3.44. The monoisotopic (exact) mass is 401 g/mol. The van der Waals surface area contributed by atoms with Crippen LogP contribution in [0.4, 0.5) is 24.5 Å². The lowest BCUT2D eigenvalue weighted by molar-refractivity contribution is -0.385. The molecular weight excluding hydrogens is 387 g/mol. The Morgan fingerprint density at radius 3 is 2.61 bits per heavy atom. The number of alkyl halides is 3. The topological polar surface area (TPSA) is 125 Å². The van der Waals surface area contributed by atoms with Gasteiger partial charge in [-0.25, -0.2) is 4.79 Å². The molecule has 0 saturated heterocycles. The van der Waals surface area contributed by atoms with Crippen molar-refractivity contribution in [3.63, 3.8) is 0 Å². The minimum Gasteiger partial charge on any atom is -0.452 e. The molecule has 1 aromatic carbocycles. The summed E-state index contributed by atoms with van der Waals surface area (Å²) in [4.78, 5) is 33.6. The summed E-state index contributed by atoms with van der Waals surface area (Å²) < 4.78 is 48.9. The summed E-state index contributed by atoms with van der Waals surface area (Å²) in [6.07, 6.45) is -4.58. The molecule has 0 aliphatic heterocycles. The number of ether oxygens (including phenoxy) is 1. The first kappa shape index (κ1) is 20.9. The predicted molar refractivity (Wildman–Crippen MR) is 87.6 cm³/mol. The van der Waals surface area contributed by atoms with E-state index in [2.05, 4.69) is 5.16 Å². The first-order valence-corrected chi connectivity index (χ1v) is 7.82. The summed E-state index contributed by atoms with van der Waals surface area (Å²) in [7, 11) is 0. The quantitative estimate of drug-likeness (QED) is 0.447. The maximum absolute atomic E-state index is 13.1. The van der Waals surface area contributed by atoms with E-state index in [-0.39, 0.29) is 11.3 Å². The zero-order valence-electron chi connectivity index (χ0n) is 14.6. The molecule has 12 heteroatoms. The van der Waals surface area contributed by atoms with E-state index in [1.54, 1.807) is 6.92 Å². The molecule has 1 amide bonds. The van der Waals surface area contributed by atoms with Crippen molar-refractivity contribution in [1.29, 1.82) is 0 Å². The molecule has 2 rings (SSSR count). The number of aryl methyl sites for hydroxylation is 2. The van der Waals surface area contributed by atoms with Gasteiger partial charge in [0, 0.05) is 12.1 Å². The summed E-state index contributed by atoms with van der Waals surface area (Å²) in [6.45, 7) is 2.31. The Bertz CT molecular complexity index is 923. The highest BCUT2D eigenvalue weighted by Gasteiger charge is 2.35. The van der Waals surface area contributed by atoms with Crippen molar-refractivity contribution in [2.45, 2.75) is 26.4 Å². The SMILES string of the molecule is CCc1noc(C)c1C(=O)OCC(=O)Nc1ccc([N+](=O)[O-])cc1C(F)(F)F. The molecule has 0 aliphatic rings. The molecule has 2 aromatic rings. The van der Waals surface area contributed by atoms with Crippen LogP contribution in [0.15, 0.2) is 22.7 Å². The fraction of sp³-hybridized carbons (Fsp3) is 0.312. The summed E-state index contributed by atoms with van der Waals surface area (Å²) >= 11 is 0. The number of rotatable bonds is 6. The highest BCUT2D eigenvalue weighted by atomic mass is 19.4. The van der Waals surface area contributed by atoms with Gasteiger partial charge in [0.1, 0.15) is 11.3 Å². The number of amides is 1. The van der Waals surface area contributed by atoms with E-state index in [4.69, 9.17) is 9.26 Å². The third-order valence-corrected chi connectivity index (χ3v) is 3.60. The van der Waals surface area contributed by atoms with Crippen LogP contribution >= 0.6 is 0 Å². The van der Waals surface area contributed by atoms with E-state index in [0.29, 0.717) is 18.2 Å². The van der Waals surface area contributed by atoms with Gasteiger partial charge in [-0.15, -0.1) is 0 Å². The summed E-state index contributed by atoms with van der Waals surface area (Å²) in [5, 5.41) is 16.2. The predicted octanol–water partition coefficient (Wildman–Crippen LogP) is 3.27. The van der Waals surface area contributed by atoms with Gasteiger partial charge in [0.05, 0.1) is 21.9 Å². The van der Waals surface area contributed by atoms with Crippen LogP contribution in [0.3, 0.4) is 0 Å². The van der Waals surface area contributed by atoms with Crippen LogP contribution in [-0.4, -0.2) is 28.6 Å². The maximum atomic E-state index is 13.1. The molecule has 0 atom stereocenters. The highest BCUT2D eigenvalue weighted by Crippen LogP contribution is 2.37. The van der Waals surface area contributed by atoms with Crippen molar-refractivity contribution < 1.29 is 36.9 Å². The van der Waals surface area contributed by atoms with Gasteiger partial charge in [0.2, 0.25) is 0 Å². The van der Waals surface area contributed by atoms with Crippen LogP contribution < -0.4 is 5.32 Å². The third kappa shape index (κ3) is 4.64. The summed E-state index contributed by atoms with van der Waals surface area (Å²) in [6, 6.07) is 1.86. The fourth-order valence-electron chi connectivity index (χ4n) is 2.30. The number of halogens is 3. The zero-order chi connectivity index (χ0) is 21.1. The summed E-state index contributed by atoms with van der Waals surface area (Å²) in [5.74, 6) is -1.79. The number of nitro benzene ring substituents is 1. The minimum atomic E-state index is -4.94. The van der Waals surface area contributed by atoms with Crippen LogP contribution in [0.1, 0.15) is 34.3 Å². The molecule has 0 fully saturated rings. The maximum Gasteiger partial charge on any atom is 0.418 e. The molecule has 0 aliphatic carbocycles. The van der Waals surface area contributed by atoms with E-state index in [1.165, 1.54) is 6.92 Å². The molecule has 1 N–H and O–H groups in total. The Morgan fingerprint density at radius 1 is 1.36 bits per heavy atom. The Kier molecular flexibility index (Phi) is 6.01. The van der Waals surface area contributed by atoms with Gasteiger partial charge >= 0.3 is 12.1 Å². The van der Waals surface area contributed by atoms with E-state index >= 15 is 0 Å². The number of benzene rings is 1. The van der Waals surface area contributed by atoms with Gasteiger partial charge in [0.25, 0.3) is 11.6 Å². The second kappa shape index (κ2) is 8.06. The van der Waals surface area contributed by atoms with Crippen LogP contribution in [0, 0.1) is 17.0 Å². The highest BCUT2D eigenvalue weighted by molar-refractivity contribution is 5.96. The number of nitrogens with one attached hydrogen (secondary N) is 1. The van der Waals surface area contributed by atoms with Crippen molar-refractivity contribution in [1.82, 2.24) is 5.16 Å². The first-order valence-electron chi connectivity index (χ1n) is 7.82. The number of hydrogen-bond acceptors (Lipinski definition) is 7. The normalized spacial score (nSPS) is 11.2. The third-order valence-electron chi connectivity index (χ3n) is 3.60. The number of carbonyl (C=O) groups is 2. The number of nitrogens with zero attached hydrogens (tertiary/aromatic N) is 2. The lowest BCUT2D eigenvalue weighted by atomic mass is 10.1. The van der Waals surface area contributed by atoms with Crippen molar-refractivity contribution in [2.75, 3.05) is 11.9 Å². The van der Waals surface area contributed by atoms with E-state index < -0.39 is 46.5 Å². The number of nitro groups is 1. The van der Waals surface area contributed by atoms with Gasteiger partial charge in [-0.1, -0.05) is 12.1 Å². The number of non-ortho nitro benzene ring substituents is 1. The van der Waals surface area contributed by atoms with E-state index in [9.17, 15) is 32.9 Å². The molecule has 1 heterocycles. The number of esters is 1. The van der Waals surface area contributed by atoms with E-state index in [0.717, 1.165) is 12.1 Å². The molecule has 0 spiro atoms. The van der Waals surface area contributed by atoms with Crippen molar-refractivity contribution in [3.8, 4) is 0 Å². The van der Waals surface area contributed by atoms with Crippen LogP contribution in [0.2, 0.25) is 0 Å². The van der Waals surface area contributed by atoms with Crippen LogP contribution in [0.25, 0.3) is 0 Å². The van der Waals surface area contributed by atoms with Gasteiger partial charge in [0.15, 0.2) is 6.61 Å². The standard InChI is InChI=1S/C16H14F3N3O6/c1-3-11-14(8(2)28-21-11)15(24)27-7-13(23)20-12-5-4-9(22(25)26)6-10(12)16(17,18)19/h4-6H,3,7H2,1-2H3,(H,20,23). The number of carbonyl (C=O) groups excluding carboxylic acids is 2. The lowest BCUT2D eigenvalue weighted by Gasteiger charge is -2.13. The molecule has 0 radical (unpaired) electrons. The Morgan fingerprint density at radius 2 is 2.04 bits per heavy atom. The minimum absolute atomic E-state index is 0.0432. The van der Waals surface area contributed by atoms with Gasteiger partial charge < -0.3 is 14.6 Å². The first-order chi connectivity index (χ1) is 13.0. The second-order valence-electron chi connectivity index (χ2n) is 5.52. The van der Waals surface area contributed by atoms with Crippen LogP contribution in [0.5, 0.6) is 0 Å². The average molecular weight is 401 g/mol. The van der Waals surface area contributed by atoms with E-state index in [1.807, 2.05) is 5.32 Å². The van der Waals surface area contributed by atoms with Crippen molar-refractivity contribution >= 4 is 23.3 Å². The molecule has 1 aromatic heterocycles. The number of hydrogen-bond donors (Lipinski definition) is 1. The van der Waals surface area contributed by atoms with Crippen LogP contribution in [-0.2, 0) is 22.1 Å². The summed E-state index contributed by atoms with van der Waals surface area (Å²) in [5.41, 5.74) is -2.52. The molecular formula is C16H14F3N3O6. The zero-order valence-corrected chi connectivity index (χ0v) is 14.6. The molecule has 9 nitrogen and oxygen atoms in total. The molecule has 28 heavy (non-hydrogen) atoms. The molecule has 150 valence electrons. The van der Waals surface area contributed by atoms with Crippen molar-refractivity contribution in [2.24, 2.45) is 0 Å². The average Bonchev–Trinajstić information content (AvgIpc) is 2.99.